The summed E-state index contributed by atoms with van der Waals surface area (Å²) in [5.41, 5.74) is 1.46. The largest absolute Gasteiger partial charge is 0.287 e. The van der Waals surface area contributed by atoms with Gasteiger partial charge >= 0.3 is 0 Å². The normalized spacial score (nSPS) is 12.3. The van der Waals surface area contributed by atoms with Crippen LogP contribution in [0.2, 0.25) is 0 Å². The van der Waals surface area contributed by atoms with Crippen molar-refractivity contribution in [2.24, 2.45) is 0 Å². The number of nitrogens with zero attached hydrogens (tertiary/aromatic N) is 3. The van der Waals surface area contributed by atoms with Crippen molar-refractivity contribution in [1.29, 1.82) is 0 Å². The number of fused-ring (bicyclic) bond motifs is 2. The molecule has 0 radical (unpaired) electrons. The molecule has 0 aliphatic heterocycles. The van der Waals surface area contributed by atoms with Gasteiger partial charge in [-0.3, -0.25) is 19.5 Å². The minimum absolute atomic E-state index is 0.0563. The van der Waals surface area contributed by atoms with E-state index < -0.39 is 4.92 Å². The number of hydrogen-bond acceptors (Lipinski definition) is 5. The van der Waals surface area contributed by atoms with Gasteiger partial charge in [0.25, 0.3) is 11.2 Å². The molecule has 1 atom stereocenters. The van der Waals surface area contributed by atoms with Crippen LogP contribution >= 0.6 is 11.8 Å². The van der Waals surface area contributed by atoms with Crippen molar-refractivity contribution in [3.8, 4) is 0 Å². The van der Waals surface area contributed by atoms with Crippen LogP contribution in [0.4, 0.5) is 5.69 Å². The van der Waals surface area contributed by atoms with Crippen LogP contribution in [-0.2, 0) is 6.54 Å². The summed E-state index contributed by atoms with van der Waals surface area (Å²) in [5, 5.41) is 14.2. The average molecular weight is 405 g/mol. The Labute approximate surface area is 171 Å². The summed E-state index contributed by atoms with van der Waals surface area (Å²) in [6.45, 7) is 4.37. The Balaban J connectivity index is 1.80. The van der Waals surface area contributed by atoms with Crippen LogP contribution < -0.4 is 5.56 Å². The molecule has 6 nitrogen and oxygen atoms in total. The Morgan fingerprint density at radius 3 is 2.52 bits per heavy atom. The van der Waals surface area contributed by atoms with Gasteiger partial charge in [0, 0.05) is 23.9 Å². The number of non-ortho nitro benzene ring substituents is 1. The lowest BCUT2D eigenvalue weighted by Gasteiger charge is -2.16. The SMILES string of the molecule is CCn1c(S[C@H](C)c2cccc([N+](=O)[O-])c2)nc2cc3ccccc3cc2c1=O. The summed E-state index contributed by atoms with van der Waals surface area (Å²) in [7, 11) is 0. The van der Waals surface area contributed by atoms with Crippen molar-refractivity contribution in [3.05, 3.63) is 86.7 Å². The molecule has 4 rings (SSSR count). The first kappa shape index (κ1) is 19.1. The van der Waals surface area contributed by atoms with Crippen molar-refractivity contribution < 1.29 is 4.92 Å². The molecule has 0 bridgehead atoms. The number of benzene rings is 3. The minimum Gasteiger partial charge on any atom is -0.287 e. The van der Waals surface area contributed by atoms with E-state index in [0.29, 0.717) is 22.6 Å². The minimum atomic E-state index is -0.401. The number of hydrogen-bond donors (Lipinski definition) is 0. The average Bonchev–Trinajstić information content (AvgIpc) is 2.73. The monoisotopic (exact) mass is 405 g/mol. The lowest BCUT2D eigenvalue weighted by molar-refractivity contribution is -0.384. The lowest BCUT2D eigenvalue weighted by Crippen LogP contribution is -2.22. The van der Waals surface area contributed by atoms with Gasteiger partial charge in [0.05, 0.1) is 15.8 Å². The summed E-state index contributed by atoms with van der Waals surface area (Å²) in [6.07, 6.45) is 0. The van der Waals surface area contributed by atoms with E-state index in [2.05, 4.69) is 0 Å². The highest BCUT2D eigenvalue weighted by Gasteiger charge is 2.17. The first-order valence-corrected chi connectivity index (χ1v) is 10.2. The van der Waals surface area contributed by atoms with Crippen molar-refractivity contribution in [3.63, 3.8) is 0 Å². The number of rotatable bonds is 5. The van der Waals surface area contributed by atoms with E-state index in [1.54, 1.807) is 16.7 Å². The van der Waals surface area contributed by atoms with Crippen LogP contribution in [0.15, 0.2) is 70.6 Å². The fourth-order valence-electron chi connectivity index (χ4n) is 3.37. The number of aromatic nitrogens is 2. The first-order chi connectivity index (χ1) is 14.0. The summed E-state index contributed by atoms with van der Waals surface area (Å²) in [6, 6.07) is 18.3. The van der Waals surface area contributed by atoms with E-state index in [1.165, 1.54) is 17.8 Å². The van der Waals surface area contributed by atoms with Crippen molar-refractivity contribution in [2.45, 2.75) is 30.8 Å². The van der Waals surface area contributed by atoms with Gasteiger partial charge in [-0.15, -0.1) is 0 Å². The van der Waals surface area contributed by atoms with Crippen molar-refractivity contribution in [2.75, 3.05) is 0 Å². The van der Waals surface area contributed by atoms with Crippen LogP contribution in [0.25, 0.3) is 21.7 Å². The molecule has 0 saturated heterocycles. The van der Waals surface area contributed by atoms with E-state index in [1.807, 2.05) is 56.3 Å². The summed E-state index contributed by atoms with van der Waals surface area (Å²) in [5.74, 6) is 0. The Morgan fingerprint density at radius 1 is 1.10 bits per heavy atom. The maximum absolute atomic E-state index is 13.1. The van der Waals surface area contributed by atoms with E-state index in [-0.39, 0.29) is 16.5 Å². The standard InChI is InChI=1S/C22H19N3O3S/c1-3-24-21(26)19-12-16-7-4-5-8-17(16)13-20(19)23-22(24)29-14(2)15-9-6-10-18(11-15)25(27)28/h4-14H,3H2,1-2H3/t14-/m1/s1. The van der Waals surface area contributed by atoms with Gasteiger partial charge in [0.1, 0.15) is 0 Å². The zero-order chi connectivity index (χ0) is 20.5. The second kappa shape index (κ2) is 7.67. The van der Waals surface area contributed by atoms with Gasteiger partial charge in [-0.25, -0.2) is 4.98 Å². The molecular formula is C22H19N3O3S. The van der Waals surface area contributed by atoms with Crippen molar-refractivity contribution >= 4 is 39.1 Å². The van der Waals surface area contributed by atoms with E-state index >= 15 is 0 Å². The summed E-state index contributed by atoms with van der Waals surface area (Å²) < 4.78 is 1.66. The molecule has 29 heavy (non-hydrogen) atoms. The fourth-order valence-corrected chi connectivity index (χ4v) is 4.46. The molecule has 0 saturated carbocycles. The number of thioether (sulfide) groups is 1. The predicted octanol–water partition coefficient (Wildman–Crippen LogP) is 5.33. The second-order valence-corrected chi connectivity index (χ2v) is 8.08. The number of nitro groups is 1. The fraction of sp³-hybridized carbons (Fsp3) is 0.182. The summed E-state index contributed by atoms with van der Waals surface area (Å²) in [4.78, 5) is 28.6. The molecule has 146 valence electrons. The predicted molar refractivity (Wildman–Crippen MR) is 117 cm³/mol. The highest BCUT2D eigenvalue weighted by atomic mass is 32.2. The van der Waals surface area contributed by atoms with Crippen LogP contribution in [0.3, 0.4) is 0 Å². The van der Waals surface area contributed by atoms with Gasteiger partial charge in [-0.05, 0) is 42.3 Å². The third-order valence-electron chi connectivity index (χ3n) is 4.94. The molecule has 0 unspecified atom stereocenters. The van der Waals surface area contributed by atoms with Crippen LogP contribution in [0.5, 0.6) is 0 Å². The second-order valence-electron chi connectivity index (χ2n) is 6.77. The number of nitro benzene ring substituents is 1. The zero-order valence-corrected chi connectivity index (χ0v) is 16.8. The smallest absolute Gasteiger partial charge is 0.269 e. The van der Waals surface area contributed by atoms with Crippen LogP contribution in [-0.4, -0.2) is 14.5 Å². The lowest BCUT2D eigenvalue weighted by atomic mass is 10.1. The topological polar surface area (TPSA) is 78.0 Å². The first-order valence-electron chi connectivity index (χ1n) is 9.32. The molecule has 1 heterocycles. The molecular weight excluding hydrogens is 386 g/mol. The maximum Gasteiger partial charge on any atom is 0.269 e. The van der Waals surface area contributed by atoms with Crippen LogP contribution in [0, 0.1) is 10.1 Å². The van der Waals surface area contributed by atoms with Gasteiger partial charge in [0.2, 0.25) is 0 Å². The summed E-state index contributed by atoms with van der Waals surface area (Å²) >= 11 is 1.43. The van der Waals surface area contributed by atoms with Crippen molar-refractivity contribution in [1.82, 2.24) is 9.55 Å². The Bertz CT molecular complexity index is 1300. The van der Waals surface area contributed by atoms with Gasteiger partial charge < -0.3 is 0 Å². The highest BCUT2D eigenvalue weighted by molar-refractivity contribution is 7.99. The van der Waals surface area contributed by atoms with E-state index in [0.717, 1.165) is 16.3 Å². The Hall–Kier alpha value is -3.19. The maximum atomic E-state index is 13.1. The molecule has 1 aromatic heterocycles. The molecule has 0 spiro atoms. The molecule has 3 aromatic carbocycles. The molecule has 0 aliphatic rings. The third kappa shape index (κ3) is 3.61. The molecule has 0 N–H and O–H groups in total. The zero-order valence-electron chi connectivity index (χ0n) is 16.0. The Morgan fingerprint density at radius 2 is 1.83 bits per heavy atom. The van der Waals surface area contributed by atoms with E-state index in [9.17, 15) is 14.9 Å². The highest BCUT2D eigenvalue weighted by Crippen LogP contribution is 2.35. The Kier molecular flexibility index (Phi) is 5.07. The molecule has 7 heteroatoms. The molecule has 0 fully saturated rings. The molecule has 0 amide bonds. The third-order valence-corrected chi connectivity index (χ3v) is 6.08. The quantitative estimate of drug-likeness (QED) is 0.147. The van der Waals surface area contributed by atoms with E-state index in [4.69, 9.17) is 4.98 Å². The molecule has 0 aliphatic carbocycles. The van der Waals surface area contributed by atoms with Gasteiger partial charge in [-0.1, -0.05) is 48.2 Å². The van der Waals surface area contributed by atoms with Crippen LogP contribution in [0.1, 0.15) is 24.7 Å². The van der Waals surface area contributed by atoms with Gasteiger partial charge in [-0.2, -0.15) is 0 Å². The molecule has 4 aromatic rings. The van der Waals surface area contributed by atoms with Gasteiger partial charge in [0.15, 0.2) is 5.16 Å².